The van der Waals surface area contributed by atoms with Crippen LogP contribution in [0.25, 0.3) is 0 Å². The van der Waals surface area contributed by atoms with Gasteiger partial charge in [-0.3, -0.25) is 4.57 Å². The number of hydrogen-bond donors (Lipinski definition) is 1. The third-order valence-corrected chi connectivity index (χ3v) is 3.51. The quantitative estimate of drug-likeness (QED) is 0.538. The van der Waals surface area contributed by atoms with E-state index in [1.54, 1.807) is 0 Å². The van der Waals surface area contributed by atoms with Gasteiger partial charge in [-0.25, -0.2) is 0 Å². The highest BCUT2D eigenvalue weighted by molar-refractivity contribution is 7.59. The zero-order chi connectivity index (χ0) is 7.71. The summed E-state index contributed by atoms with van der Waals surface area (Å²) in [6, 6.07) is 0. The van der Waals surface area contributed by atoms with Crippen molar-refractivity contribution in [3.63, 3.8) is 0 Å². The van der Waals surface area contributed by atoms with Crippen molar-refractivity contribution in [2.24, 2.45) is 0 Å². The molecule has 0 aromatic heterocycles. The highest BCUT2D eigenvalue weighted by Crippen LogP contribution is 2.59. The first-order chi connectivity index (χ1) is 3.81. The fraction of sp³-hybridized carbons (Fsp3) is 1.00. The van der Waals surface area contributed by atoms with Crippen LogP contribution < -0.4 is 0 Å². The topological polar surface area (TPSA) is 46.5 Å². The SMILES string of the molecule is COP(=O)(O)C(C)(Cl)Cl. The Hall–Kier alpha value is 0.730. The van der Waals surface area contributed by atoms with Gasteiger partial charge in [0.15, 0.2) is 0 Å². The third kappa shape index (κ3) is 2.44. The van der Waals surface area contributed by atoms with Gasteiger partial charge in [-0.05, 0) is 6.92 Å². The largest absolute Gasteiger partial charge is 0.363 e. The average molecular weight is 193 g/mol. The van der Waals surface area contributed by atoms with Gasteiger partial charge in [-0.2, -0.15) is 0 Å². The van der Waals surface area contributed by atoms with Crippen molar-refractivity contribution >= 4 is 30.8 Å². The Morgan fingerprint density at radius 1 is 1.67 bits per heavy atom. The minimum Gasteiger partial charge on any atom is -0.322 e. The van der Waals surface area contributed by atoms with Crippen molar-refractivity contribution in [2.45, 2.75) is 11.0 Å². The van der Waals surface area contributed by atoms with Gasteiger partial charge >= 0.3 is 7.60 Å². The molecular formula is C3H7Cl2O3P. The Labute approximate surface area is 63.4 Å². The van der Waals surface area contributed by atoms with Crippen LogP contribution in [0.2, 0.25) is 0 Å². The standard InChI is InChI=1S/C3H7Cl2O3P/c1-3(4,5)9(6,7)8-2/h1-2H3,(H,6,7). The van der Waals surface area contributed by atoms with Gasteiger partial charge in [0, 0.05) is 7.11 Å². The van der Waals surface area contributed by atoms with Gasteiger partial charge in [0.1, 0.15) is 0 Å². The first-order valence-corrected chi connectivity index (χ1v) is 4.41. The van der Waals surface area contributed by atoms with E-state index in [1.165, 1.54) is 6.92 Å². The lowest BCUT2D eigenvalue weighted by Crippen LogP contribution is -2.07. The van der Waals surface area contributed by atoms with Crippen molar-refractivity contribution in [2.75, 3.05) is 7.11 Å². The van der Waals surface area contributed by atoms with Crippen LogP contribution in [-0.2, 0) is 9.09 Å². The summed E-state index contributed by atoms with van der Waals surface area (Å²) < 4.78 is 13.1. The number of alkyl halides is 2. The summed E-state index contributed by atoms with van der Waals surface area (Å²) >= 11 is 10.5. The normalized spacial score (nSPS) is 19.2. The summed E-state index contributed by atoms with van der Waals surface area (Å²) in [6.45, 7) is 1.19. The Morgan fingerprint density at radius 3 is 2.00 bits per heavy atom. The Kier molecular flexibility index (Phi) is 2.99. The van der Waals surface area contributed by atoms with E-state index >= 15 is 0 Å². The van der Waals surface area contributed by atoms with Crippen molar-refractivity contribution < 1.29 is 14.0 Å². The van der Waals surface area contributed by atoms with Gasteiger partial charge in [0.25, 0.3) is 0 Å². The molecule has 0 rings (SSSR count). The first-order valence-electron chi connectivity index (χ1n) is 2.07. The zero-order valence-corrected chi connectivity index (χ0v) is 7.37. The molecule has 0 saturated carbocycles. The summed E-state index contributed by atoms with van der Waals surface area (Å²) in [6.07, 6.45) is 0. The molecule has 56 valence electrons. The molecule has 0 saturated heterocycles. The molecule has 6 heteroatoms. The van der Waals surface area contributed by atoms with Crippen LogP contribution in [0.1, 0.15) is 6.92 Å². The molecule has 0 aliphatic heterocycles. The van der Waals surface area contributed by atoms with E-state index in [0.717, 1.165) is 7.11 Å². The van der Waals surface area contributed by atoms with Crippen molar-refractivity contribution in [3.8, 4) is 0 Å². The van der Waals surface area contributed by atoms with Crippen LogP contribution >= 0.6 is 30.8 Å². The van der Waals surface area contributed by atoms with E-state index in [0.29, 0.717) is 0 Å². The predicted molar refractivity (Wildman–Crippen MR) is 36.9 cm³/mol. The average Bonchev–Trinajstić information content (AvgIpc) is 1.64. The Morgan fingerprint density at radius 2 is 2.00 bits per heavy atom. The predicted octanol–water partition coefficient (Wildman–Crippen LogP) is 1.97. The summed E-state index contributed by atoms with van der Waals surface area (Å²) in [4.78, 5) is 8.73. The number of hydrogen-bond acceptors (Lipinski definition) is 2. The molecule has 0 fully saturated rings. The monoisotopic (exact) mass is 192 g/mol. The highest BCUT2D eigenvalue weighted by Gasteiger charge is 2.40. The maximum absolute atomic E-state index is 10.7. The molecule has 0 amide bonds. The summed E-state index contributed by atoms with van der Waals surface area (Å²) in [5, 5.41) is 0. The lowest BCUT2D eigenvalue weighted by molar-refractivity contribution is 0.310. The van der Waals surface area contributed by atoms with E-state index in [9.17, 15) is 4.57 Å². The molecular weight excluding hydrogens is 186 g/mol. The van der Waals surface area contributed by atoms with E-state index in [4.69, 9.17) is 28.1 Å². The van der Waals surface area contributed by atoms with Gasteiger partial charge in [0.2, 0.25) is 4.07 Å². The molecule has 0 aliphatic carbocycles. The molecule has 9 heavy (non-hydrogen) atoms. The molecule has 0 heterocycles. The van der Waals surface area contributed by atoms with Gasteiger partial charge in [-0.15, -0.1) is 0 Å². The molecule has 0 aromatic carbocycles. The second kappa shape index (κ2) is 2.77. The molecule has 0 bridgehead atoms. The molecule has 0 spiro atoms. The van der Waals surface area contributed by atoms with Crippen LogP contribution in [0.3, 0.4) is 0 Å². The van der Waals surface area contributed by atoms with Gasteiger partial charge in [0.05, 0.1) is 0 Å². The minimum atomic E-state index is -3.83. The Balaban J connectivity index is 4.35. The molecule has 1 atom stereocenters. The maximum atomic E-state index is 10.7. The molecule has 0 aliphatic rings. The van der Waals surface area contributed by atoms with Gasteiger partial charge in [-0.1, -0.05) is 23.2 Å². The van der Waals surface area contributed by atoms with E-state index < -0.39 is 11.7 Å². The summed E-state index contributed by atoms with van der Waals surface area (Å²) in [7, 11) is -2.75. The van der Waals surface area contributed by atoms with Crippen LogP contribution in [0.15, 0.2) is 0 Å². The molecule has 0 radical (unpaired) electrons. The van der Waals surface area contributed by atoms with Crippen LogP contribution in [0.5, 0.6) is 0 Å². The number of halogens is 2. The van der Waals surface area contributed by atoms with E-state index in [1.807, 2.05) is 0 Å². The molecule has 1 unspecified atom stereocenters. The fourth-order valence-corrected chi connectivity index (χ4v) is 0.895. The van der Waals surface area contributed by atoms with Crippen LogP contribution in [0, 0.1) is 0 Å². The molecule has 0 aromatic rings. The van der Waals surface area contributed by atoms with Crippen LogP contribution in [0.4, 0.5) is 0 Å². The minimum absolute atomic E-state index is 1.07. The van der Waals surface area contributed by atoms with Crippen molar-refractivity contribution in [3.05, 3.63) is 0 Å². The lowest BCUT2D eigenvalue weighted by Gasteiger charge is -2.17. The van der Waals surface area contributed by atoms with Gasteiger partial charge < -0.3 is 9.42 Å². The van der Waals surface area contributed by atoms with E-state index in [2.05, 4.69) is 4.52 Å². The second-order valence-corrected chi connectivity index (χ2v) is 6.08. The molecule has 3 nitrogen and oxygen atoms in total. The van der Waals surface area contributed by atoms with Crippen LogP contribution in [-0.4, -0.2) is 16.1 Å². The second-order valence-electron chi connectivity index (χ2n) is 1.55. The lowest BCUT2D eigenvalue weighted by atomic mass is 10.9. The Bertz CT molecular complexity index is 140. The van der Waals surface area contributed by atoms with Crippen molar-refractivity contribution in [1.82, 2.24) is 0 Å². The third-order valence-electron chi connectivity index (χ3n) is 0.744. The first kappa shape index (κ1) is 9.73. The highest BCUT2D eigenvalue weighted by atomic mass is 35.5. The fourth-order valence-electron chi connectivity index (χ4n) is 0.160. The molecule has 1 N–H and O–H groups in total. The zero-order valence-electron chi connectivity index (χ0n) is 4.97. The number of rotatable bonds is 2. The van der Waals surface area contributed by atoms with Crippen molar-refractivity contribution in [1.29, 1.82) is 0 Å². The van der Waals surface area contributed by atoms with E-state index in [-0.39, 0.29) is 0 Å². The maximum Gasteiger partial charge on any atom is 0.363 e. The summed E-state index contributed by atoms with van der Waals surface area (Å²) in [5.41, 5.74) is 0. The summed E-state index contributed by atoms with van der Waals surface area (Å²) in [5.74, 6) is 0. The smallest absolute Gasteiger partial charge is 0.322 e.